The van der Waals surface area contributed by atoms with Crippen molar-refractivity contribution in [1.82, 2.24) is 4.98 Å². The molecule has 1 unspecified atom stereocenters. The van der Waals surface area contributed by atoms with Crippen molar-refractivity contribution in [3.63, 3.8) is 0 Å². The summed E-state index contributed by atoms with van der Waals surface area (Å²) >= 11 is 0. The summed E-state index contributed by atoms with van der Waals surface area (Å²) in [6.07, 6.45) is 2.39. The SMILES string of the molecule is Cc1ccc2[nH]c3c(c2c1)CCC3CN. The van der Waals surface area contributed by atoms with Crippen LogP contribution in [-0.2, 0) is 6.42 Å². The minimum Gasteiger partial charge on any atom is -0.358 e. The number of aromatic nitrogens is 1. The summed E-state index contributed by atoms with van der Waals surface area (Å²) in [4.78, 5) is 3.52. The molecular formula is C13H16N2. The third-order valence-electron chi connectivity index (χ3n) is 3.53. The summed E-state index contributed by atoms with van der Waals surface area (Å²) in [7, 11) is 0. The largest absolute Gasteiger partial charge is 0.358 e. The van der Waals surface area contributed by atoms with Crippen molar-refractivity contribution >= 4 is 10.9 Å². The van der Waals surface area contributed by atoms with Crippen molar-refractivity contribution in [1.29, 1.82) is 0 Å². The third kappa shape index (κ3) is 1.21. The van der Waals surface area contributed by atoms with Crippen LogP contribution < -0.4 is 5.73 Å². The van der Waals surface area contributed by atoms with E-state index in [4.69, 9.17) is 5.73 Å². The van der Waals surface area contributed by atoms with Crippen molar-refractivity contribution in [2.24, 2.45) is 5.73 Å². The van der Waals surface area contributed by atoms with E-state index in [2.05, 4.69) is 30.1 Å². The van der Waals surface area contributed by atoms with Crippen molar-refractivity contribution in [3.05, 3.63) is 35.0 Å². The van der Waals surface area contributed by atoms with E-state index < -0.39 is 0 Å². The number of H-pyrrole nitrogens is 1. The molecule has 1 aliphatic rings. The zero-order chi connectivity index (χ0) is 10.4. The van der Waals surface area contributed by atoms with Crippen LogP contribution in [0.25, 0.3) is 10.9 Å². The van der Waals surface area contributed by atoms with Gasteiger partial charge in [-0.05, 0) is 37.5 Å². The van der Waals surface area contributed by atoms with Crippen LogP contribution in [0, 0.1) is 6.92 Å². The van der Waals surface area contributed by atoms with E-state index >= 15 is 0 Å². The van der Waals surface area contributed by atoms with Gasteiger partial charge in [0.05, 0.1) is 0 Å². The fourth-order valence-electron chi connectivity index (χ4n) is 2.70. The van der Waals surface area contributed by atoms with Crippen molar-refractivity contribution < 1.29 is 0 Å². The molecule has 1 aliphatic carbocycles. The topological polar surface area (TPSA) is 41.8 Å². The number of aryl methyl sites for hydroxylation is 2. The van der Waals surface area contributed by atoms with E-state index in [0.717, 1.165) is 6.54 Å². The first-order valence-corrected chi connectivity index (χ1v) is 5.61. The first kappa shape index (κ1) is 8.98. The number of hydrogen-bond donors (Lipinski definition) is 2. The van der Waals surface area contributed by atoms with Crippen molar-refractivity contribution in [2.45, 2.75) is 25.7 Å². The molecule has 15 heavy (non-hydrogen) atoms. The summed E-state index contributed by atoms with van der Waals surface area (Å²) in [6.45, 7) is 2.91. The molecule has 0 fully saturated rings. The van der Waals surface area contributed by atoms with Crippen LogP contribution in [0.5, 0.6) is 0 Å². The molecule has 1 aromatic carbocycles. The minimum absolute atomic E-state index is 0.549. The van der Waals surface area contributed by atoms with Gasteiger partial charge in [0.2, 0.25) is 0 Å². The zero-order valence-electron chi connectivity index (χ0n) is 9.01. The van der Waals surface area contributed by atoms with Crippen LogP contribution >= 0.6 is 0 Å². The fraction of sp³-hybridized carbons (Fsp3) is 0.385. The highest BCUT2D eigenvalue weighted by Crippen LogP contribution is 2.37. The molecule has 0 radical (unpaired) electrons. The predicted molar refractivity (Wildman–Crippen MR) is 63.2 cm³/mol. The van der Waals surface area contributed by atoms with Gasteiger partial charge in [-0.15, -0.1) is 0 Å². The molecule has 1 heterocycles. The second kappa shape index (κ2) is 3.11. The van der Waals surface area contributed by atoms with Gasteiger partial charge in [-0.25, -0.2) is 0 Å². The van der Waals surface area contributed by atoms with Crippen molar-refractivity contribution in [3.8, 4) is 0 Å². The summed E-state index contributed by atoms with van der Waals surface area (Å²) in [5.74, 6) is 0.549. The Morgan fingerprint density at radius 2 is 2.33 bits per heavy atom. The summed E-state index contributed by atoms with van der Waals surface area (Å²) < 4.78 is 0. The highest BCUT2D eigenvalue weighted by Gasteiger charge is 2.25. The van der Waals surface area contributed by atoms with Gasteiger partial charge in [-0.1, -0.05) is 11.6 Å². The van der Waals surface area contributed by atoms with Gasteiger partial charge >= 0.3 is 0 Å². The predicted octanol–water partition coefficient (Wildman–Crippen LogP) is 2.46. The second-order valence-electron chi connectivity index (χ2n) is 4.54. The van der Waals surface area contributed by atoms with Gasteiger partial charge in [0, 0.05) is 29.1 Å². The van der Waals surface area contributed by atoms with Crippen LogP contribution in [0.1, 0.15) is 29.2 Å². The Kier molecular flexibility index (Phi) is 1.86. The lowest BCUT2D eigenvalue weighted by molar-refractivity contribution is 0.675. The molecule has 1 aromatic heterocycles. The lowest BCUT2D eigenvalue weighted by atomic mass is 10.1. The van der Waals surface area contributed by atoms with E-state index in [1.807, 2.05) is 0 Å². The van der Waals surface area contributed by atoms with Gasteiger partial charge in [0.25, 0.3) is 0 Å². The monoisotopic (exact) mass is 200 g/mol. The Morgan fingerprint density at radius 3 is 3.13 bits per heavy atom. The maximum absolute atomic E-state index is 5.78. The molecule has 1 atom stereocenters. The Balaban J connectivity index is 2.26. The average molecular weight is 200 g/mol. The van der Waals surface area contributed by atoms with Crippen LogP contribution in [0.4, 0.5) is 0 Å². The molecule has 0 bridgehead atoms. The number of nitrogens with one attached hydrogen (secondary N) is 1. The van der Waals surface area contributed by atoms with Gasteiger partial charge in [0.1, 0.15) is 0 Å². The number of aromatic amines is 1. The maximum atomic E-state index is 5.78. The smallest absolute Gasteiger partial charge is 0.0459 e. The number of hydrogen-bond acceptors (Lipinski definition) is 1. The maximum Gasteiger partial charge on any atom is 0.0459 e. The third-order valence-corrected chi connectivity index (χ3v) is 3.53. The van der Waals surface area contributed by atoms with Gasteiger partial charge < -0.3 is 10.7 Å². The molecule has 3 rings (SSSR count). The fourth-order valence-corrected chi connectivity index (χ4v) is 2.70. The molecule has 2 aromatic rings. The number of rotatable bonds is 1. The number of benzene rings is 1. The van der Waals surface area contributed by atoms with E-state index in [1.54, 1.807) is 0 Å². The van der Waals surface area contributed by atoms with E-state index in [0.29, 0.717) is 5.92 Å². The quantitative estimate of drug-likeness (QED) is 0.729. The summed E-state index contributed by atoms with van der Waals surface area (Å²) in [5.41, 5.74) is 11.3. The average Bonchev–Trinajstić information content (AvgIpc) is 2.76. The Hall–Kier alpha value is -1.28. The molecule has 0 aliphatic heterocycles. The second-order valence-corrected chi connectivity index (χ2v) is 4.54. The summed E-state index contributed by atoms with van der Waals surface area (Å²) in [5, 5.41) is 1.40. The first-order chi connectivity index (χ1) is 7.29. The van der Waals surface area contributed by atoms with Crippen molar-refractivity contribution in [2.75, 3.05) is 6.54 Å². The minimum atomic E-state index is 0.549. The van der Waals surface area contributed by atoms with Gasteiger partial charge in [-0.3, -0.25) is 0 Å². The van der Waals surface area contributed by atoms with Crippen LogP contribution in [0.3, 0.4) is 0 Å². The number of fused-ring (bicyclic) bond motifs is 3. The molecule has 0 saturated carbocycles. The normalized spacial score (nSPS) is 19.7. The lowest BCUT2D eigenvalue weighted by Crippen LogP contribution is -2.09. The first-order valence-electron chi connectivity index (χ1n) is 5.61. The number of nitrogens with two attached hydrogens (primary N) is 1. The van der Waals surface area contributed by atoms with E-state index in [-0.39, 0.29) is 0 Å². The van der Waals surface area contributed by atoms with E-state index in [9.17, 15) is 0 Å². The summed E-state index contributed by atoms with van der Waals surface area (Å²) in [6, 6.07) is 6.62. The molecule has 0 spiro atoms. The Labute approximate surface area is 89.5 Å². The molecule has 2 nitrogen and oxygen atoms in total. The Bertz CT molecular complexity index is 510. The van der Waals surface area contributed by atoms with Crippen LogP contribution in [0.15, 0.2) is 18.2 Å². The van der Waals surface area contributed by atoms with Crippen LogP contribution in [-0.4, -0.2) is 11.5 Å². The highest BCUT2D eigenvalue weighted by molar-refractivity contribution is 5.86. The molecule has 0 saturated heterocycles. The molecule has 0 amide bonds. The molecule has 2 heteroatoms. The lowest BCUT2D eigenvalue weighted by Gasteiger charge is -2.04. The highest BCUT2D eigenvalue weighted by atomic mass is 14.8. The standard InChI is InChI=1S/C13H16N2/c1-8-2-5-12-11(6-8)10-4-3-9(7-14)13(10)15-12/h2,5-6,9,15H,3-4,7,14H2,1H3. The molecule has 78 valence electrons. The Morgan fingerprint density at radius 1 is 1.47 bits per heavy atom. The zero-order valence-corrected chi connectivity index (χ0v) is 9.01. The van der Waals surface area contributed by atoms with E-state index in [1.165, 1.54) is 40.6 Å². The van der Waals surface area contributed by atoms with Gasteiger partial charge in [0.15, 0.2) is 0 Å². The van der Waals surface area contributed by atoms with Crippen LogP contribution in [0.2, 0.25) is 0 Å². The molecular weight excluding hydrogens is 184 g/mol. The molecule has 3 N–H and O–H groups in total. The van der Waals surface area contributed by atoms with Gasteiger partial charge in [-0.2, -0.15) is 0 Å².